The molecule has 2 N–H and O–H groups in total. The Morgan fingerprint density at radius 2 is 1.96 bits per heavy atom. The van der Waals surface area contributed by atoms with Gasteiger partial charge in [-0.3, -0.25) is 0 Å². The van der Waals surface area contributed by atoms with Gasteiger partial charge in [0.1, 0.15) is 5.75 Å². The molecule has 1 aromatic rings. The van der Waals surface area contributed by atoms with Gasteiger partial charge in [0, 0.05) is 26.2 Å². The average molecular weight is 356 g/mol. The van der Waals surface area contributed by atoms with E-state index in [-0.39, 0.29) is 23.6 Å². The Labute approximate surface area is 145 Å². The molecule has 2 rings (SSSR count). The first-order chi connectivity index (χ1) is 11.4. The molecule has 0 amide bonds. The van der Waals surface area contributed by atoms with E-state index in [1.807, 2.05) is 0 Å². The lowest BCUT2D eigenvalue weighted by molar-refractivity contribution is 0.0401. The molecule has 6 nitrogen and oxygen atoms in total. The first kappa shape index (κ1) is 19.2. The Hall–Kier alpha value is -1.15. The highest BCUT2D eigenvalue weighted by Crippen LogP contribution is 2.27. The van der Waals surface area contributed by atoms with E-state index in [1.165, 1.54) is 4.31 Å². The van der Waals surface area contributed by atoms with Gasteiger partial charge in [-0.15, -0.1) is 0 Å². The van der Waals surface area contributed by atoms with E-state index in [0.717, 1.165) is 0 Å². The molecule has 0 aliphatic carbocycles. The van der Waals surface area contributed by atoms with Crippen molar-refractivity contribution >= 4 is 10.0 Å². The summed E-state index contributed by atoms with van der Waals surface area (Å²) >= 11 is 0. The smallest absolute Gasteiger partial charge is 0.243 e. The zero-order valence-electron chi connectivity index (χ0n) is 14.6. The van der Waals surface area contributed by atoms with Gasteiger partial charge in [0.2, 0.25) is 10.0 Å². The van der Waals surface area contributed by atoms with Crippen LogP contribution in [-0.4, -0.2) is 51.7 Å². The summed E-state index contributed by atoms with van der Waals surface area (Å²) in [7, 11) is -1.91. The van der Waals surface area contributed by atoms with Gasteiger partial charge in [-0.1, -0.05) is 13.8 Å². The second-order valence-electron chi connectivity index (χ2n) is 6.56. The van der Waals surface area contributed by atoms with Crippen LogP contribution >= 0.6 is 0 Å². The highest BCUT2D eigenvalue weighted by atomic mass is 32.2. The lowest BCUT2D eigenvalue weighted by atomic mass is 10.0. The van der Waals surface area contributed by atoms with Gasteiger partial charge in [-0.2, -0.15) is 4.31 Å². The third kappa shape index (κ3) is 4.47. The van der Waals surface area contributed by atoms with Crippen LogP contribution < -0.4 is 10.5 Å². The van der Waals surface area contributed by atoms with Crippen molar-refractivity contribution in [2.45, 2.75) is 43.7 Å². The molecular weight excluding hydrogens is 328 g/mol. The number of nitrogens with two attached hydrogens (primary N) is 1. The van der Waals surface area contributed by atoms with Crippen LogP contribution in [0.3, 0.4) is 0 Å². The van der Waals surface area contributed by atoms with E-state index < -0.39 is 10.0 Å². The van der Waals surface area contributed by atoms with Crippen LogP contribution in [0, 0.1) is 5.92 Å². The van der Waals surface area contributed by atoms with Crippen molar-refractivity contribution in [3.63, 3.8) is 0 Å². The maximum atomic E-state index is 12.9. The predicted molar refractivity (Wildman–Crippen MR) is 93.5 cm³/mol. The highest BCUT2D eigenvalue weighted by Gasteiger charge is 2.36. The monoisotopic (exact) mass is 356 g/mol. The standard InChI is InChI=1S/C17H28N2O4S/c1-13(2)12-23-15-4-6-17(7-5-15)24(20,21)19-9-8-16(22-3)10-14(19)11-18/h4-7,13-14,16H,8-12,18H2,1-3H3. The van der Waals surface area contributed by atoms with Crippen LogP contribution in [-0.2, 0) is 14.8 Å². The van der Waals surface area contributed by atoms with E-state index >= 15 is 0 Å². The lowest BCUT2D eigenvalue weighted by Crippen LogP contribution is -2.51. The largest absolute Gasteiger partial charge is 0.493 e. The van der Waals surface area contributed by atoms with E-state index in [9.17, 15) is 8.42 Å². The lowest BCUT2D eigenvalue weighted by Gasteiger charge is -2.37. The summed E-state index contributed by atoms with van der Waals surface area (Å²) in [6, 6.07) is 6.37. The highest BCUT2D eigenvalue weighted by molar-refractivity contribution is 7.89. The molecule has 1 saturated heterocycles. The molecule has 2 unspecified atom stereocenters. The number of hydrogen-bond donors (Lipinski definition) is 1. The maximum Gasteiger partial charge on any atom is 0.243 e. The SMILES string of the molecule is COC1CCN(S(=O)(=O)c2ccc(OCC(C)C)cc2)C(CN)C1. The fourth-order valence-electron chi connectivity index (χ4n) is 2.84. The van der Waals surface area contributed by atoms with Crippen LogP contribution in [0.15, 0.2) is 29.2 Å². The summed E-state index contributed by atoms with van der Waals surface area (Å²) < 4.78 is 38.3. The summed E-state index contributed by atoms with van der Waals surface area (Å²) in [6.07, 6.45) is 1.38. The molecule has 2 atom stereocenters. The minimum absolute atomic E-state index is 0.0665. The van der Waals surface area contributed by atoms with Crippen LogP contribution in [0.2, 0.25) is 0 Å². The Bertz CT molecular complexity index is 616. The quantitative estimate of drug-likeness (QED) is 0.806. The molecule has 0 radical (unpaired) electrons. The van der Waals surface area contributed by atoms with Crippen molar-refractivity contribution in [1.82, 2.24) is 4.31 Å². The van der Waals surface area contributed by atoms with Gasteiger partial charge < -0.3 is 15.2 Å². The summed E-state index contributed by atoms with van der Waals surface area (Å²) in [6.45, 7) is 5.44. The molecule has 0 bridgehead atoms. The van der Waals surface area contributed by atoms with Crippen molar-refractivity contribution in [3.05, 3.63) is 24.3 Å². The molecule has 1 aliphatic heterocycles. The van der Waals surface area contributed by atoms with Gasteiger partial charge in [-0.05, 0) is 43.0 Å². The second kappa shape index (κ2) is 8.29. The molecule has 0 spiro atoms. The summed E-state index contributed by atoms with van der Waals surface area (Å²) in [5.41, 5.74) is 5.80. The van der Waals surface area contributed by atoms with Gasteiger partial charge in [0.25, 0.3) is 0 Å². The molecule has 24 heavy (non-hydrogen) atoms. The topological polar surface area (TPSA) is 81.9 Å². The summed E-state index contributed by atoms with van der Waals surface area (Å²) in [5, 5.41) is 0. The number of ether oxygens (including phenoxy) is 2. The Morgan fingerprint density at radius 1 is 1.29 bits per heavy atom. The van der Waals surface area contributed by atoms with Crippen LogP contribution in [0.25, 0.3) is 0 Å². The molecule has 1 aromatic carbocycles. The van der Waals surface area contributed by atoms with E-state index in [4.69, 9.17) is 15.2 Å². The molecular formula is C17H28N2O4S. The molecule has 0 aromatic heterocycles. The first-order valence-corrected chi connectivity index (χ1v) is 9.80. The maximum absolute atomic E-state index is 12.9. The van der Waals surface area contributed by atoms with Crippen LogP contribution in [0.1, 0.15) is 26.7 Å². The summed E-state index contributed by atoms with van der Waals surface area (Å²) in [5.74, 6) is 1.09. The van der Waals surface area contributed by atoms with Gasteiger partial charge in [-0.25, -0.2) is 8.42 Å². The molecule has 1 fully saturated rings. The number of sulfonamides is 1. The van der Waals surface area contributed by atoms with Crippen molar-refractivity contribution in [3.8, 4) is 5.75 Å². The van der Waals surface area contributed by atoms with Gasteiger partial charge in [0.15, 0.2) is 0 Å². The minimum atomic E-state index is -3.56. The number of piperidine rings is 1. The zero-order valence-corrected chi connectivity index (χ0v) is 15.5. The first-order valence-electron chi connectivity index (χ1n) is 8.36. The van der Waals surface area contributed by atoms with Crippen molar-refractivity contribution in [2.75, 3.05) is 26.8 Å². The van der Waals surface area contributed by atoms with Gasteiger partial charge >= 0.3 is 0 Å². The average Bonchev–Trinajstić information content (AvgIpc) is 2.59. The number of benzene rings is 1. The fraction of sp³-hybridized carbons (Fsp3) is 0.647. The van der Waals surface area contributed by atoms with E-state index in [2.05, 4.69) is 13.8 Å². The van der Waals surface area contributed by atoms with E-state index in [0.29, 0.717) is 37.7 Å². The Morgan fingerprint density at radius 3 is 2.50 bits per heavy atom. The van der Waals surface area contributed by atoms with Crippen molar-refractivity contribution in [2.24, 2.45) is 11.7 Å². The number of rotatable bonds is 7. The summed E-state index contributed by atoms with van der Waals surface area (Å²) in [4.78, 5) is 0.272. The fourth-order valence-corrected chi connectivity index (χ4v) is 4.50. The number of hydrogen-bond acceptors (Lipinski definition) is 5. The zero-order chi connectivity index (χ0) is 17.7. The minimum Gasteiger partial charge on any atom is -0.493 e. The second-order valence-corrected chi connectivity index (χ2v) is 8.45. The normalized spacial score (nSPS) is 22.7. The van der Waals surface area contributed by atoms with Crippen LogP contribution in [0.4, 0.5) is 0 Å². The number of nitrogens with zero attached hydrogens (tertiary/aromatic N) is 1. The molecule has 1 aliphatic rings. The van der Waals surface area contributed by atoms with Crippen molar-refractivity contribution < 1.29 is 17.9 Å². The number of methoxy groups -OCH3 is 1. The molecule has 0 saturated carbocycles. The molecule has 136 valence electrons. The van der Waals surface area contributed by atoms with Crippen molar-refractivity contribution in [1.29, 1.82) is 0 Å². The van der Waals surface area contributed by atoms with Crippen LogP contribution in [0.5, 0.6) is 5.75 Å². The Balaban J connectivity index is 2.14. The third-order valence-electron chi connectivity index (χ3n) is 4.23. The predicted octanol–water partition coefficient (Wildman–Crippen LogP) is 1.85. The molecule has 1 heterocycles. The Kier molecular flexibility index (Phi) is 6.62. The van der Waals surface area contributed by atoms with E-state index in [1.54, 1.807) is 31.4 Å². The molecule has 7 heteroatoms. The third-order valence-corrected chi connectivity index (χ3v) is 6.20. The van der Waals surface area contributed by atoms with Gasteiger partial charge in [0.05, 0.1) is 17.6 Å².